The Kier molecular flexibility index (Phi) is 6.82. The number of methoxy groups -OCH3 is 1. The monoisotopic (exact) mass is 280 g/mol. The Bertz CT molecular complexity index is 394. The molecule has 0 aliphatic rings. The topological polar surface area (TPSA) is 47.7 Å². The number of hydrogen-bond acceptors (Lipinski definition) is 4. The number of hydrogen-bond donors (Lipinski definition) is 1. The molecule has 0 radical (unpaired) electrons. The molecule has 4 nitrogen and oxygen atoms in total. The summed E-state index contributed by atoms with van der Waals surface area (Å²) in [6, 6.07) is 7.73. The van der Waals surface area contributed by atoms with Crippen LogP contribution in [-0.4, -0.2) is 44.8 Å². The first-order valence-corrected chi connectivity index (χ1v) is 7.20. The van der Waals surface area contributed by atoms with Gasteiger partial charge < -0.3 is 15.2 Å². The number of nitrogens with zero attached hydrogens (tertiary/aromatic N) is 1. The lowest BCUT2D eigenvalue weighted by atomic mass is 9.93. The van der Waals surface area contributed by atoms with Gasteiger partial charge in [0.25, 0.3) is 0 Å². The summed E-state index contributed by atoms with van der Waals surface area (Å²) in [5.41, 5.74) is 5.93. The van der Waals surface area contributed by atoms with Crippen molar-refractivity contribution in [3.63, 3.8) is 0 Å². The zero-order valence-electron chi connectivity index (χ0n) is 13.2. The van der Waals surface area contributed by atoms with Crippen LogP contribution < -0.4 is 15.2 Å². The van der Waals surface area contributed by atoms with Gasteiger partial charge in [-0.1, -0.05) is 32.9 Å². The number of para-hydroxylation sites is 2. The molecule has 0 saturated carbocycles. The number of nitrogens with two attached hydrogens (primary N) is 1. The molecule has 0 aliphatic carbocycles. The first-order valence-electron chi connectivity index (χ1n) is 7.20. The van der Waals surface area contributed by atoms with Crippen molar-refractivity contribution < 1.29 is 9.47 Å². The van der Waals surface area contributed by atoms with E-state index in [4.69, 9.17) is 15.2 Å². The highest BCUT2D eigenvalue weighted by atomic mass is 16.5. The van der Waals surface area contributed by atoms with E-state index in [1.807, 2.05) is 24.3 Å². The smallest absolute Gasteiger partial charge is 0.161 e. The van der Waals surface area contributed by atoms with Crippen molar-refractivity contribution >= 4 is 0 Å². The number of likely N-dealkylation sites (N-methyl/N-ethyl adjacent to an activating group) is 1. The summed E-state index contributed by atoms with van der Waals surface area (Å²) in [7, 11) is 1.66. The lowest BCUT2D eigenvalue weighted by Gasteiger charge is -2.30. The molecule has 0 aliphatic heterocycles. The van der Waals surface area contributed by atoms with E-state index >= 15 is 0 Å². The second-order valence-corrected chi connectivity index (χ2v) is 5.74. The molecule has 0 heterocycles. The van der Waals surface area contributed by atoms with Crippen molar-refractivity contribution in [2.24, 2.45) is 11.1 Å². The zero-order valence-corrected chi connectivity index (χ0v) is 13.2. The van der Waals surface area contributed by atoms with Crippen LogP contribution in [-0.2, 0) is 0 Å². The Morgan fingerprint density at radius 1 is 1.20 bits per heavy atom. The maximum absolute atomic E-state index is 5.81. The second-order valence-electron chi connectivity index (χ2n) is 5.74. The van der Waals surface area contributed by atoms with Crippen molar-refractivity contribution in [3.8, 4) is 11.5 Å². The third kappa shape index (κ3) is 5.39. The van der Waals surface area contributed by atoms with Gasteiger partial charge >= 0.3 is 0 Å². The third-order valence-electron chi connectivity index (χ3n) is 3.39. The lowest BCUT2D eigenvalue weighted by Crippen LogP contribution is -2.40. The van der Waals surface area contributed by atoms with Gasteiger partial charge in [0.1, 0.15) is 6.61 Å². The largest absolute Gasteiger partial charge is 0.493 e. The molecule has 1 rings (SSSR count). The van der Waals surface area contributed by atoms with E-state index in [1.165, 1.54) is 0 Å². The summed E-state index contributed by atoms with van der Waals surface area (Å²) >= 11 is 0. The van der Waals surface area contributed by atoms with E-state index in [-0.39, 0.29) is 5.41 Å². The molecule has 4 heteroatoms. The van der Waals surface area contributed by atoms with Gasteiger partial charge in [0.2, 0.25) is 0 Å². The van der Waals surface area contributed by atoms with Gasteiger partial charge in [-0.3, -0.25) is 4.90 Å². The molecule has 2 N–H and O–H groups in total. The molecular weight excluding hydrogens is 252 g/mol. The maximum Gasteiger partial charge on any atom is 0.161 e. The molecular formula is C16H28N2O2. The first-order chi connectivity index (χ1) is 9.52. The predicted molar refractivity (Wildman–Crippen MR) is 83.4 cm³/mol. The minimum absolute atomic E-state index is 0.139. The first kappa shape index (κ1) is 16.8. The van der Waals surface area contributed by atoms with Gasteiger partial charge in [0.05, 0.1) is 7.11 Å². The minimum atomic E-state index is 0.139. The van der Waals surface area contributed by atoms with E-state index in [0.717, 1.165) is 31.1 Å². The van der Waals surface area contributed by atoms with Crippen molar-refractivity contribution in [2.45, 2.75) is 20.8 Å². The van der Waals surface area contributed by atoms with Crippen LogP contribution in [0.1, 0.15) is 20.8 Å². The van der Waals surface area contributed by atoms with Crippen LogP contribution in [0.3, 0.4) is 0 Å². The van der Waals surface area contributed by atoms with E-state index in [2.05, 4.69) is 25.7 Å². The fourth-order valence-electron chi connectivity index (χ4n) is 2.04. The quantitative estimate of drug-likeness (QED) is 0.754. The van der Waals surface area contributed by atoms with Crippen LogP contribution in [0.25, 0.3) is 0 Å². The molecule has 0 saturated heterocycles. The number of benzene rings is 1. The van der Waals surface area contributed by atoms with Gasteiger partial charge in [-0.15, -0.1) is 0 Å². The van der Waals surface area contributed by atoms with Gasteiger partial charge in [-0.25, -0.2) is 0 Å². The van der Waals surface area contributed by atoms with Crippen LogP contribution in [0.15, 0.2) is 24.3 Å². The zero-order chi connectivity index (χ0) is 15.0. The predicted octanol–water partition coefficient (Wildman–Crippen LogP) is 2.38. The maximum atomic E-state index is 5.81. The molecule has 20 heavy (non-hydrogen) atoms. The lowest BCUT2D eigenvalue weighted by molar-refractivity contribution is 0.159. The molecule has 114 valence electrons. The third-order valence-corrected chi connectivity index (χ3v) is 3.39. The number of rotatable bonds is 9. The highest BCUT2D eigenvalue weighted by Gasteiger charge is 2.19. The van der Waals surface area contributed by atoms with Crippen LogP contribution in [0.2, 0.25) is 0 Å². The molecule has 0 unspecified atom stereocenters. The SMILES string of the molecule is CCN(CCOc1ccccc1OC)CC(C)(C)CN. The van der Waals surface area contributed by atoms with Crippen LogP contribution in [0, 0.1) is 5.41 Å². The van der Waals surface area contributed by atoms with E-state index in [0.29, 0.717) is 13.2 Å². The molecule has 1 aromatic rings. The molecule has 0 spiro atoms. The standard InChI is InChI=1S/C16H28N2O2/c1-5-18(13-16(2,3)12-17)10-11-20-15-9-7-6-8-14(15)19-4/h6-9H,5,10-13,17H2,1-4H3. The Labute approximate surface area is 122 Å². The summed E-state index contributed by atoms with van der Waals surface area (Å²) in [6.07, 6.45) is 0. The summed E-state index contributed by atoms with van der Waals surface area (Å²) in [5, 5.41) is 0. The Morgan fingerprint density at radius 3 is 2.40 bits per heavy atom. The highest BCUT2D eigenvalue weighted by Crippen LogP contribution is 2.25. The van der Waals surface area contributed by atoms with Crippen LogP contribution >= 0.6 is 0 Å². The Morgan fingerprint density at radius 2 is 1.85 bits per heavy atom. The van der Waals surface area contributed by atoms with Gasteiger partial charge in [-0.05, 0) is 30.6 Å². The molecule has 0 fully saturated rings. The average molecular weight is 280 g/mol. The Hall–Kier alpha value is -1.26. The van der Waals surface area contributed by atoms with E-state index in [9.17, 15) is 0 Å². The second kappa shape index (κ2) is 8.12. The van der Waals surface area contributed by atoms with Crippen molar-refractivity contribution in [1.29, 1.82) is 0 Å². The summed E-state index contributed by atoms with van der Waals surface area (Å²) < 4.78 is 11.1. The van der Waals surface area contributed by atoms with Gasteiger partial charge in [0, 0.05) is 13.1 Å². The molecule has 0 bridgehead atoms. The fraction of sp³-hybridized carbons (Fsp3) is 0.625. The normalized spacial score (nSPS) is 11.7. The minimum Gasteiger partial charge on any atom is -0.493 e. The molecule has 0 aromatic heterocycles. The highest BCUT2D eigenvalue weighted by molar-refractivity contribution is 5.39. The molecule has 0 atom stereocenters. The van der Waals surface area contributed by atoms with Crippen molar-refractivity contribution in [3.05, 3.63) is 24.3 Å². The summed E-state index contributed by atoms with van der Waals surface area (Å²) in [5.74, 6) is 1.57. The van der Waals surface area contributed by atoms with E-state index < -0.39 is 0 Å². The van der Waals surface area contributed by atoms with Crippen LogP contribution in [0.5, 0.6) is 11.5 Å². The van der Waals surface area contributed by atoms with Crippen LogP contribution in [0.4, 0.5) is 0 Å². The summed E-state index contributed by atoms with van der Waals surface area (Å²) in [4.78, 5) is 2.36. The van der Waals surface area contributed by atoms with Crippen molar-refractivity contribution in [1.82, 2.24) is 4.90 Å². The molecule has 1 aromatic carbocycles. The van der Waals surface area contributed by atoms with E-state index in [1.54, 1.807) is 7.11 Å². The Balaban J connectivity index is 2.45. The number of ether oxygens (including phenoxy) is 2. The van der Waals surface area contributed by atoms with Gasteiger partial charge in [0.15, 0.2) is 11.5 Å². The molecule has 0 amide bonds. The summed E-state index contributed by atoms with van der Waals surface area (Å²) in [6.45, 7) is 10.8. The average Bonchev–Trinajstić information content (AvgIpc) is 2.46. The fourth-order valence-corrected chi connectivity index (χ4v) is 2.04. The van der Waals surface area contributed by atoms with Crippen molar-refractivity contribution in [2.75, 3.05) is 39.9 Å². The van der Waals surface area contributed by atoms with Gasteiger partial charge in [-0.2, -0.15) is 0 Å².